The molecule has 0 aliphatic rings. The molecule has 1 atom stereocenters. The first kappa shape index (κ1) is 13.6. The van der Waals surface area contributed by atoms with Crippen molar-refractivity contribution in [3.63, 3.8) is 0 Å². The molecule has 1 unspecified atom stereocenters. The summed E-state index contributed by atoms with van der Waals surface area (Å²) in [5.74, 6) is -1.48. The van der Waals surface area contributed by atoms with Crippen molar-refractivity contribution < 1.29 is 8.78 Å². The number of hydrogen-bond donors (Lipinski definition) is 1. The molecule has 0 amide bonds. The lowest BCUT2D eigenvalue weighted by molar-refractivity contribution is 0.441. The predicted octanol–water partition coefficient (Wildman–Crippen LogP) is 2.85. The van der Waals surface area contributed by atoms with Gasteiger partial charge >= 0.3 is 0 Å². The number of hydrogen-bond acceptors (Lipinski definition) is 2. The van der Waals surface area contributed by atoms with E-state index < -0.39 is 11.6 Å². The van der Waals surface area contributed by atoms with E-state index in [2.05, 4.69) is 11.4 Å². The molecule has 0 heterocycles. The van der Waals surface area contributed by atoms with Gasteiger partial charge in [0.05, 0.1) is 12.0 Å². The first-order chi connectivity index (χ1) is 8.04. The Morgan fingerprint density at radius 1 is 1.29 bits per heavy atom. The summed E-state index contributed by atoms with van der Waals surface area (Å²) in [6, 6.07) is 6.02. The average Bonchev–Trinajstić information content (AvgIpc) is 2.28. The van der Waals surface area contributed by atoms with Crippen LogP contribution in [0.3, 0.4) is 0 Å². The van der Waals surface area contributed by atoms with Gasteiger partial charge in [-0.25, -0.2) is 8.78 Å². The van der Waals surface area contributed by atoms with E-state index in [1.54, 1.807) is 0 Å². The summed E-state index contributed by atoms with van der Waals surface area (Å²) >= 11 is 0. The fraction of sp³-hybridized carbons (Fsp3) is 0.462. The van der Waals surface area contributed by atoms with Crippen molar-refractivity contribution in [2.24, 2.45) is 11.8 Å². The van der Waals surface area contributed by atoms with Crippen LogP contribution < -0.4 is 5.32 Å². The Morgan fingerprint density at radius 2 is 2.00 bits per heavy atom. The minimum Gasteiger partial charge on any atom is -0.311 e. The van der Waals surface area contributed by atoms with Crippen LogP contribution in [0.15, 0.2) is 18.2 Å². The summed E-state index contributed by atoms with van der Waals surface area (Å²) in [6.07, 6.45) is 0. The van der Waals surface area contributed by atoms with Crippen molar-refractivity contribution in [3.05, 3.63) is 35.4 Å². The molecule has 4 heteroatoms. The molecule has 1 aromatic carbocycles. The van der Waals surface area contributed by atoms with Gasteiger partial charge in [0, 0.05) is 13.1 Å². The maximum atomic E-state index is 12.9. The molecule has 17 heavy (non-hydrogen) atoms. The summed E-state index contributed by atoms with van der Waals surface area (Å²) in [4.78, 5) is 0. The van der Waals surface area contributed by atoms with Crippen molar-refractivity contribution in [3.8, 4) is 6.07 Å². The Bertz CT molecular complexity index is 410. The van der Waals surface area contributed by atoms with Crippen LogP contribution in [0, 0.1) is 34.8 Å². The molecule has 1 N–H and O–H groups in total. The summed E-state index contributed by atoms with van der Waals surface area (Å²) in [6.45, 7) is 4.94. The molecule has 2 nitrogen and oxygen atoms in total. The first-order valence-corrected chi connectivity index (χ1v) is 5.59. The van der Waals surface area contributed by atoms with Crippen LogP contribution in [0.5, 0.6) is 0 Å². The molecule has 0 saturated heterocycles. The summed E-state index contributed by atoms with van der Waals surface area (Å²) < 4.78 is 25.6. The third-order valence-corrected chi connectivity index (χ3v) is 2.65. The van der Waals surface area contributed by atoms with Crippen molar-refractivity contribution in [2.45, 2.75) is 20.4 Å². The van der Waals surface area contributed by atoms with Crippen molar-refractivity contribution in [2.75, 3.05) is 6.54 Å². The fourth-order valence-corrected chi connectivity index (χ4v) is 1.45. The van der Waals surface area contributed by atoms with Crippen LogP contribution in [0.1, 0.15) is 19.4 Å². The molecule has 0 fully saturated rings. The van der Waals surface area contributed by atoms with E-state index in [1.807, 2.05) is 13.8 Å². The van der Waals surface area contributed by atoms with Crippen LogP contribution in [-0.4, -0.2) is 6.54 Å². The summed E-state index contributed by atoms with van der Waals surface area (Å²) in [7, 11) is 0. The minimum absolute atomic E-state index is 0.0692. The average molecular weight is 238 g/mol. The van der Waals surface area contributed by atoms with E-state index in [1.165, 1.54) is 12.1 Å². The van der Waals surface area contributed by atoms with E-state index in [0.717, 1.165) is 6.07 Å². The van der Waals surface area contributed by atoms with Gasteiger partial charge in [-0.2, -0.15) is 5.26 Å². The highest BCUT2D eigenvalue weighted by atomic mass is 19.2. The van der Waals surface area contributed by atoms with Crippen LogP contribution in [0.2, 0.25) is 0 Å². The van der Waals surface area contributed by atoms with Crippen LogP contribution >= 0.6 is 0 Å². The summed E-state index contributed by atoms with van der Waals surface area (Å²) in [5.41, 5.74) is 0.671. The van der Waals surface area contributed by atoms with Gasteiger partial charge < -0.3 is 5.32 Å². The van der Waals surface area contributed by atoms with Crippen LogP contribution in [0.4, 0.5) is 8.78 Å². The van der Waals surface area contributed by atoms with Gasteiger partial charge in [0.1, 0.15) is 0 Å². The van der Waals surface area contributed by atoms with Crippen molar-refractivity contribution in [1.82, 2.24) is 5.32 Å². The molecular formula is C13H16F2N2. The van der Waals surface area contributed by atoms with Gasteiger partial charge in [-0.15, -0.1) is 0 Å². The minimum atomic E-state index is -0.843. The third-order valence-electron chi connectivity index (χ3n) is 2.65. The molecule has 1 rings (SSSR count). The third kappa shape index (κ3) is 4.12. The standard InChI is InChI=1S/C13H16F2N2/c1-9(2)11(6-16)8-17-7-10-3-4-12(14)13(15)5-10/h3-5,9,11,17H,7-8H2,1-2H3. The zero-order valence-electron chi connectivity index (χ0n) is 10.0. The Morgan fingerprint density at radius 3 is 2.53 bits per heavy atom. The number of nitriles is 1. The number of rotatable bonds is 5. The van der Waals surface area contributed by atoms with Gasteiger partial charge in [0.15, 0.2) is 11.6 Å². The maximum Gasteiger partial charge on any atom is 0.159 e. The largest absolute Gasteiger partial charge is 0.311 e. The molecule has 0 aliphatic heterocycles. The Hall–Kier alpha value is -1.47. The molecule has 92 valence electrons. The molecule has 0 bridgehead atoms. The number of nitrogens with one attached hydrogen (secondary N) is 1. The highest BCUT2D eigenvalue weighted by molar-refractivity contribution is 5.17. The quantitative estimate of drug-likeness (QED) is 0.856. The second kappa shape index (κ2) is 6.31. The lowest BCUT2D eigenvalue weighted by Gasteiger charge is -2.13. The van der Waals surface area contributed by atoms with Gasteiger partial charge in [-0.1, -0.05) is 19.9 Å². The van der Waals surface area contributed by atoms with E-state index in [-0.39, 0.29) is 11.8 Å². The van der Waals surface area contributed by atoms with E-state index in [4.69, 9.17) is 5.26 Å². The second-order valence-corrected chi connectivity index (χ2v) is 4.36. The van der Waals surface area contributed by atoms with Crippen LogP contribution in [-0.2, 0) is 6.54 Å². The monoisotopic (exact) mass is 238 g/mol. The first-order valence-electron chi connectivity index (χ1n) is 5.59. The molecule has 0 radical (unpaired) electrons. The molecule has 0 spiro atoms. The lowest BCUT2D eigenvalue weighted by Crippen LogP contribution is -2.24. The fourth-order valence-electron chi connectivity index (χ4n) is 1.45. The van der Waals surface area contributed by atoms with E-state index in [9.17, 15) is 8.78 Å². The zero-order chi connectivity index (χ0) is 12.8. The molecule has 0 aliphatic carbocycles. The normalized spacial score (nSPS) is 12.5. The van der Waals surface area contributed by atoms with Gasteiger partial charge in [0.25, 0.3) is 0 Å². The van der Waals surface area contributed by atoms with Crippen LogP contribution in [0.25, 0.3) is 0 Å². The van der Waals surface area contributed by atoms with E-state index in [0.29, 0.717) is 18.7 Å². The molecule has 0 saturated carbocycles. The molecule has 0 aromatic heterocycles. The predicted molar refractivity (Wildman–Crippen MR) is 62.0 cm³/mol. The Balaban J connectivity index is 2.46. The molecule has 1 aromatic rings. The van der Waals surface area contributed by atoms with E-state index >= 15 is 0 Å². The highest BCUT2D eigenvalue weighted by Crippen LogP contribution is 2.10. The lowest BCUT2D eigenvalue weighted by atomic mass is 9.97. The number of benzene rings is 1. The number of nitrogens with zero attached hydrogens (tertiary/aromatic N) is 1. The summed E-state index contributed by atoms with van der Waals surface area (Å²) in [5, 5.41) is 11.9. The van der Waals surface area contributed by atoms with Gasteiger partial charge in [-0.05, 0) is 23.6 Å². The topological polar surface area (TPSA) is 35.8 Å². The van der Waals surface area contributed by atoms with Gasteiger partial charge in [-0.3, -0.25) is 0 Å². The smallest absolute Gasteiger partial charge is 0.159 e. The van der Waals surface area contributed by atoms with Crippen molar-refractivity contribution >= 4 is 0 Å². The highest BCUT2D eigenvalue weighted by Gasteiger charge is 2.11. The number of halogens is 2. The SMILES string of the molecule is CC(C)C(C#N)CNCc1ccc(F)c(F)c1. The second-order valence-electron chi connectivity index (χ2n) is 4.36. The zero-order valence-corrected chi connectivity index (χ0v) is 10.0. The Labute approximate surface area is 100 Å². The molecular weight excluding hydrogens is 222 g/mol. The van der Waals surface area contributed by atoms with Gasteiger partial charge in [0.2, 0.25) is 0 Å². The van der Waals surface area contributed by atoms with Crippen molar-refractivity contribution in [1.29, 1.82) is 5.26 Å². The Kier molecular flexibility index (Phi) is 5.05. The maximum absolute atomic E-state index is 12.9.